The maximum atomic E-state index is 15.5. The molecule has 1 aliphatic heterocycles. The zero-order valence-corrected chi connectivity index (χ0v) is 63.8. The molecule has 0 saturated carbocycles. The average molecular weight is 1380 g/mol. The fraction of sp³-hybridized carbons (Fsp3) is 0.712. The van der Waals surface area contributed by atoms with Crippen LogP contribution in [0, 0.1) is 41.4 Å². The van der Waals surface area contributed by atoms with Crippen molar-refractivity contribution in [3.8, 4) is 0 Å². The quantitative estimate of drug-likeness (QED) is 0.0685. The lowest BCUT2D eigenvalue weighted by atomic mass is 9.89. The highest BCUT2D eigenvalue weighted by Gasteiger charge is 2.46. The number of aliphatic hydroxyl groups excluding tert-OH is 1. The van der Waals surface area contributed by atoms with E-state index in [4.69, 9.17) is 0 Å². The van der Waals surface area contributed by atoms with Gasteiger partial charge >= 0.3 is 5.91 Å². The van der Waals surface area contributed by atoms with Gasteiger partial charge in [-0.25, -0.2) is 4.79 Å². The Morgan fingerprint density at radius 2 is 0.969 bits per heavy atom. The van der Waals surface area contributed by atoms with Crippen LogP contribution in [0.5, 0.6) is 0 Å². The van der Waals surface area contributed by atoms with Crippen LogP contribution in [0.1, 0.15) is 185 Å². The lowest BCUT2D eigenvalue weighted by Crippen LogP contribution is -2.63. The monoisotopic (exact) mass is 1380 g/mol. The SMILES string of the molecule is C=C1C(=O)N(C)[C@@H](CC(C)C)C(=O)N[C@@H](C(C)C)C(=O)N(C)[C@@H](CC(C)C)C(=O)N[C@@H](C)C(=O)N[C@H](C)C(=O)N(C)[C@@H](CC(C)C)C(=O)N(C)[C@@H](CC(C)C)C(=O)N(C)[C@@H](C(C)C)C(=O)N(C)[C@@H]([C@H](O)[C@H](C)CCCc2cccc(C(=O)[N+](=C)C(C)C)c2)C(=O)N[C@@H](CC)C(=O)N1C. The molecule has 1 heterocycles. The Balaban J connectivity index is 3.03. The van der Waals surface area contributed by atoms with Gasteiger partial charge < -0.3 is 60.7 Å². The van der Waals surface area contributed by atoms with E-state index in [9.17, 15) is 43.5 Å². The van der Waals surface area contributed by atoms with E-state index >= 15 is 19.2 Å². The van der Waals surface area contributed by atoms with Gasteiger partial charge in [-0.3, -0.25) is 52.7 Å². The summed E-state index contributed by atoms with van der Waals surface area (Å²) in [6.45, 7) is 39.5. The first-order chi connectivity index (χ1) is 45.3. The van der Waals surface area contributed by atoms with E-state index in [-0.39, 0.29) is 73.4 Å². The Kier molecular flexibility index (Phi) is 34.2. The number of hydrogen-bond donors (Lipinski definition) is 5. The first-order valence-electron chi connectivity index (χ1n) is 35.0. The number of carbonyl (C=O) groups is 12. The van der Waals surface area contributed by atoms with Crippen LogP contribution in [-0.2, 0) is 59.2 Å². The molecule has 0 aromatic heterocycles. The first-order valence-corrected chi connectivity index (χ1v) is 35.0. The van der Waals surface area contributed by atoms with E-state index < -0.39 is 149 Å². The number of nitrogens with one attached hydrogen (secondary N) is 4. The van der Waals surface area contributed by atoms with Crippen molar-refractivity contribution in [2.24, 2.45) is 41.4 Å². The summed E-state index contributed by atoms with van der Waals surface area (Å²) < 4.78 is 1.39. The van der Waals surface area contributed by atoms with Gasteiger partial charge in [0.2, 0.25) is 59.1 Å². The minimum Gasteiger partial charge on any atom is -0.390 e. The van der Waals surface area contributed by atoms with Gasteiger partial charge in [0.15, 0.2) is 6.04 Å². The normalized spacial score (nSPS) is 24.8. The first kappa shape index (κ1) is 86.5. The zero-order chi connectivity index (χ0) is 75.6. The molecule has 1 aromatic carbocycles. The molecular formula is C73H123N12O13+. The molecular weight excluding hydrogens is 1250 g/mol. The molecule has 0 aliphatic carbocycles. The third kappa shape index (κ3) is 23.3. The number of aryl methyl sites for hydroxylation is 1. The average Bonchev–Trinajstić information content (AvgIpc) is 0.801. The molecule has 25 heteroatoms. The smallest absolute Gasteiger partial charge is 0.390 e. The van der Waals surface area contributed by atoms with Crippen molar-refractivity contribution < 1.29 is 67.2 Å². The lowest BCUT2D eigenvalue weighted by molar-refractivity contribution is -0.454. The number of aliphatic hydroxyl groups is 1. The molecule has 1 fully saturated rings. The van der Waals surface area contributed by atoms with Crippen molar-refractivity contribution in [1.29, 1.82) is 0 Å². The van der Waals surface area contributed by atoms with Crippen molar-refractivity contribution >= 4 is 77.6 Å². The Labute approximate surface area is 585 Å². The zero-order valence-electron chi connectivity index (χ0n) is 63.8. The summed E-state index contributed by atoms with van der Waals surface area (Å²) >= 11 is 0. The van der Waals surface area contributed by atoms with Crippen LogP contribution in [0.4, 0.5) is 0 Å². The molecule has 25 nitrogen and oxygen atoms in total. The molecule has 552 valence electrons. The summed E-state index contributed by atoms with van der Waals surface area (Å²) in [7, 11) is 9.71. The second kappa shape index (κ2) is 38.7. The number of rotatable bonds is 19. The Bertz CT molecular complexity index is 3000. The third-order valence-electron chi connectivity index (χ3n) is 18.7. The molecule has 1 aromatic rings. The highest BCUT2D eigenvalue weighted by molar-refractivity contribution is 6.02. The largest absolute Gasteiger partial charge is 0.419 e. The van der Waals surface area contributed by atoms with E-state index in [1.54, 1.807) is 59.7 Å². The molecule has 0 bridgehead atoms. The van der Waals surface area contributed by atoms with Gasteiger partial charge in [0.05, 0.1) is 11.7 Å². The Hall–Kier alpha value is -7.57. The summed E-state index contributed by atoms with van der Waals surface area (Å²) in [4.78, 5) is 184. The van der Waals surface area contributed by atoms with Crippen molar-refractivity contribution in [1.82, 2.24) is 55.6 Å². The minimum atomic E-state index is -1.71. The number of amides is 12. The lowest BCUT2D eigenvalue weighted by Gasteiger charge is -2.41. The molecule has 12 amide bonds. The predicted molar refractivity (Wildman–Crippen MR) is 380 cm³/mol. The van der Waals surface area contributed by atoms with E-state index in [0.29, 0.717) is 24.8 Å². The van der Waals surface area contributed by atoms with Crippen LogP contribution in [0.3, 0.4) is 0 Å². The summed E-state index contributed by atoms with van der Waals surface area (Å²) in [5.74, 6) is -11.0. The molecule has 0 spiro atoms. The third-order valence-corrected chi connectivity index (χ3v) is 18.7. The fourth-order valence-electron chi connectivity index (χ4n) is 12.3. The predicted octanol–water partition coefficient (Wildman–Crippen LogP) is 5.10. The van der Waals surface area contributed by atoms with E-state index in [1.807, 2.05) is 75.3 Å². The second-order valence-electron chi connectivity index (χ2n) is 29.8. The van der Waals surface area contributed by atoms with E-state index in [0.717, 1.165) is 20.3 Å². The molecule has 0 unspecified atom stereocenters. The van der Waals surface area contributed by atoms with Gasteiger partial charge in [-0.05, 0) is 138 Å². The number of nitrogens with zero attached hydrogens (tertiary/aromatic N) is 8. The van der Waals surface area contributed by atoms with E-state index in [2.05, 4.69) is 34.6 Å². The van der Waals surface area contributed by atoms with Crippen LogP contribution < -0.4 is 21.3 Å². The minimum absolute atomic E-state index is 0.0612. The van der Waals surface area contributed by atoms with Crippen LogP contribution in [0.25, 0.3) is 0 Å². The van der Waals surface area contributed by atoms with Gasteiger partial charge in [0.25, 0.3) is 5.91 Å². The number of likely N-dealkylation sites (N-methyl/N-ethyl adjacent to an activating group) is 7. The summed E-state index contributed by atoms with van der Waals surface area (Å²) in [6.07, 6.45) is 0.0387. The van der Waals surface area contributed by atoms with Crippen LogP contribution in [-0.4, -0.2) is 243 Å². The summed E-state index contributed by atoms with van der Waals surface area (Å²) in [5.41, 5.74) is 0.904. The van der Waals surface area contributed by atoms with Crippen molar-refractivity contribution in [3.63, 3.8) is 0 Å². The van der Waals surface area contributed by atoms with Gasteiger partial charge in [0, 0.05) is 49.3 Å². The number of carbonyl (C=O) groups excluding carboxylic acids is 12. The number of hydrogen-bond acceptors (Lipinski definition) is 13. The Morgan fingerprint density at radius 3 is 1.45 bits per heavy atom. The van der Waals surface area contributed by atoms with Gasteiger partial charge in [0.1, 0.15) is 72.8 Å². The maximum absolute atomic E-state index is 15.5. The number of benzene rings is 1. The van der Waals surface area contributed by atoms with Crippen LogP contribution >= 0.6 is 0 Å². The summed E-state index contributed by atoms with van der Waals surface area (Å²) in [6, 6.07) is -5.94. The molecule has 5 N–H and O–H groups in total. The molecule has 12 atom stereocenters. The summed E-state index contributed by atoms with van der Waals surface area (Å²) in [5, 5.41) is 23.6. The van der Waals surface area contributed by atoms with Crippen LogP contribution in [0.2, 0.25) is 0 Å². The van der Waals surface area contributed by atoms with Crippen molar-refractivity contribution in [2.45, 2.75) is 249 Å². The van der Waals surface area contributed by atoms with Crippen molar-refractivity contribution in [3.05, 3.63) is 47.7 Å². The van der Waals surface area contributed by atoms with E-state index in [1.165, 1.54) is 87.4 Å². The van der Waals surface area contributed by atoms with Gasteiger partial charge in [-0.2, -0.15) is 4.58 Å². The standard InChI is InChI=1S/C73H122N12O13/c1-28-53-69(94)79(21)50(19)67(92)80(22)55(36-41(4)5)64(89)77-58(44(10)11)72(97)81(23)54(35-40(2)3)63(88)74-48(17)62(87)75-49(18)66(91)82(24)56(37-42(6)7)70(95)83(25)57(38-43(8)9)71(96)84(26)59(45(12)13)73(98)85(27)60(65(90)76-53)61(86)47(16)31-29-32-51-33-30-34-52(39-51)68(93)78(20)46(14)15/h30,33-34,39-49,53-61,86H,19-20,28-29,31-32,35-38H2,1-18,21-27H3,(H3-,74,75,76,77,87,88,89,90)/p+1/t47-,48+,49-,53+,54+,55+,56+,57+,58+,59+,60+,61-/m1/s1. The molecule has 1 aliphatic rings. The molecule has 0 radical (unpaired) electrons. The topological polar surface area (TPSA) is 299 Å². The highest BCUT2D eigenvalue weighted by atomic mass is 16.3. The molecule has 2 rings (SSSR count). The van der Waals surface area contributed by atoms with Crippen LogP contribution in [0.15, 0.2) is 36.5 Å². The molecule has 1 saturated heterocycles. The van der Waals surface area contributed by atoms with Gasteiger partial charge in [-0.1, -0.05) is 116 Å². The van der Waals surface area contributed by atoms with Gasteiger partial charge in [-0.15, -0.1) is 0 Å². The van der Waals surface area contributed by atoms with Crippen molar-refractivity contribution in [2.75, 3.05) is 49.3 Å². The maximum Gasteiger partial charge on any atom is 0.419 e. The fourth-order valence-corrected chi connectivity index (χ4v) is 12.3. The second-order valence-corrected chi connectivity index (χ2v) is 29.8. The Morgan fingerprint density at radius 1 is 0.520 bits per heavy atom. The molecule has 98 heavy (non-hydrogen) atoms. The highest BCUT2D eigenvalue weighted by Crippen LogP contribution is 2.27.